The van der Waals surface area contributed by atoms with Crippen molar-refractivity contribution in [2.75, 3.05) is 11.4 Å². The Morgan fingerprint density at radius 3 is 2.69 bits per heavy atom. The van der Waals surface area contributed by atoms with E-state index in [0.29, 0.717) is 35.0 Å². The minimum Gasteiger partial charge on any atom is -0.368 e. The van der Waals surface area contributed by atoms with E-state index in [2.05, 4.69) is 4.98 Å². The van der Waals surface area contributed by atoms with Crippen LogP contribution >= 0.6 is 11.6 Å². The molecule has 4 rings (SSSR count). The minimum absolute atomic E-state index is 0.404. The Balaban J connectivity index is 2.01. The fourth-order valence-corrected chi connectivity index (χ4v) is 3.71. The summed E-state index contributed by atoms with van der Waals surface area (Å²) < 4.78 is 1.53. The van der Waals surface area contributed by atoms with E-state index in [1.807, 2.05) is 41.3 Å². The van der Waals surface area contributed by atoms with Crippen molar-refractivity contribution in [1.29, 1.82) is 0 Å². The van der Waals surface area contributed by atoms with Crippen LogP contribution in [0.1, 0.15) is 12.8 Å². The second-order valence-electron chi connectivity index (χ2n) is 6.30. The van der Waals surface area contributed by atoms with E-state index in [1.54, 1.807) is 12.1 Å². The Kier molecular flexibility index (Phi) is 4.12. The van der Waals surface area contributed by atoms with Gasteiger partial charge in [0.25, 0.3) is 0 Å². The van der Waals surface area contributed by atoms with Gasteiger partial charge in [0.05, 0.1) is 11.2 Å². The van der Waals surface area contributed by atoms with Crippen LogP contribution in [-0.2, 0) is 4.79 Å². The molecule has 0 aliphatic carbocycles. The van der Waals surface area contributed by atoms with Crippen LogP contribution in [0.5, 0.6) is 0 Å². The number of carbonyl (C=O) groups is 1. The summed E-state index contributed by atoms with van der Waals surface area (Å²) in [5, 5.41) is 1.28. The van der Waals surface area contributed by atoms with Crippen LogP contribution in [0.25, 0.3) is 16.6 Å². The molecule has 1 fully saturated rings. The Morgan fingerprint density at radius 1 is 1.19 bits per heavy atom. The molecule has 0 radical (unpaired) electrons. The van der Waals surface area contributed by atoms with Crippen molar-refractivity contribution >= 4 is 34.2 Å². The molecule has 2 N–H and O–H groups in total. The molecule has 1 aliphatic rings. The number of nitrogens with two attached hydrogens (primary N) is 1. The van der Waals surface area contributed by atoms with Crippen molar-refractivity contribution < 1.29 is 4.79 Å². The number of amides is 1. The van der Waals surface area contributed by atoms with Gasteiger partial charge in [0.1, 0.15) is 11.9 Å². The van der Waals surface area contributed by atoms with Gasteiger partial charge in [-0.3, -0.25) is 9.36 Å². The number of para-hydroxylation sites is 1. The third-order valence-electron chi connectivity index (χ3n) is 4.70. The third-order valence-corrected chi connectivity index (χ3v) is 4.94. The molecule has 26 heavy (non-hydrogen) atoms. The molecule has 0 unspecified atom stereocenters. The molecular formula is C19H17ClN4O2. The largest absolute Gasteiger partial charge is 0.368 e. The molecular weight excluding hydrogens is 352 g/mol. The molecule has 6 nitrogen and oxygen atoms in total. The lowest BCUT2D eigenvalue weighted by molar-refractivity contribution is -0.119. The Hall–Kier alpha value is -2.86. The smallest absolute Gasteiger partial charge is 0.354 e. The van der Waals surface area contributed by atoms with Crippen molar-refractivity contribution in [1.82, 2.24) is 9.55 Å². The van der Waals surface area contributed by atoms with E-state index in [1.165, 1.54) is 4.57 Å². The Labute approximate surface area is 154 Å². The van der Waals surface area contributed by atoms with Crippen molar-refractivity contribution in [2.45, 2.75) is 18.9 Å². The fourth-order valence-electron chi connectivity index (χ4n) is 3.54. The average molecular weight is 369 g/mol. The molecule has 2 heterocycles. The molecule has 1 amide bonds. The highest BCUT2D eigenvalue weighted by atomic mass is 35.5. The summed E-state index contributed by atoms with van der Waals surface area (Å²) in [7, 11) is 0. The monoisotopic (exact) mass is 368 g/mol. The van der Waals surface area contributed by atoms with Crippen molar-refractivity contribution in [3.05, 3.63) is 64.0 Å². The standard InChI is InChI=1S/C19H17ClN4O2/c20-12-8-9-14-16(11-12)24(13-5-2-1-3-6-13)19(26)22-18(14)23-10-4-7-15(23)17(21)25/h1-3,5-6,8-9,11,15H,4,7,10H2,(H2,21,25)/t15-/m1/s1. The van der Waals surface area contributed by atoms with E-state index >= 15 is 0 Å². The highest BCUT2D eigenvalue weighted by Gasteiger charge is 2.31. The van der Waals surface area contributed by atoms with Crippen molar-refractivity contribution in [3.63, 3.8) is 0 Å². The summed E-state index contributed by atoms with van der Waals surface area (Å²) in [6.45, 7) is 0.632. The predicted octanol–water partition coefficient (Wildman–Crippen LogP) is 2.49. The van der Waals surface area contributed by atoms with E-state index in [4.69, 9.17) is 17.3 Å². The Bertz CT molecular complexity index is 1050. The molecule has 7 heteroatoms. The van der Waals surface area contributed by atoms with E-state index in [0.717, 1.165) is 11.8 Å². The zero-order valence-electron chi connectivity index (χ0n) is 13.9. The summed E-state index contributed by atoms with van der Waals surface area (Å²) in [6.07, 6.45) is 1.49. The van der Waals surface area contributed by atoms with Gasteiger partial charge < -0.3 is 10.6 Å². The van der Waals surface area contributed by atoms with Gasteiger partial charge in [-0.15, -0.1) is 0 Å². The van der Waals surface area contributed by atoms with Crippen LogP contribution in [0.3, 0.4) is 0 Å². The summed E-state index contributed by atoms with van der Waals surface area (Å²) in [4.78, 5) is 30.8. The van der Waals surface area contributed by atoms with Gasteiger partial charge in [-0.2, -0.15) is 4.98 Å². The normalized spacial score (nSPS) is 17.0. The van der Waals surface area contributed by atoms with Crippen LogP contribution in [0.2, 0.25) is 5.02 Å². The maximum Gasteiger partial charge on any atom is 0.354 e. The van der Waals surface area contributed by atoms with Gasteiger partial charge in [0, 0.05) is 17.0 Å². The number of benzene rings is 2. The van der Waals surface area contributed by atoms with Crippen LogP contribution < -0.4 is 16.3 Å². The molecule has 1 aromatic heterocycles. The molecule has 0 bridgehead atoms. The van der Waals surface area contributed by atoms with Gasteiger partial charge in [-0.25, -0.2) is 4.79 Å². The molecule has 1 atom stereocenters. The van der Waals surface area contributed by atoms with Crippen molar-refractivity contribution in [3.8, 4) is 5.69 Å². The molecule has 132 valence electrons. The highest BCUT2D eigenvalue weighted by molar-refractivity contribution is 6.31. The molecule has 1 aliphatic heterocycles. The van der Waals surface area contributed by atoms with Gasteiger partial charge in [-0.05, 0) is 43.2 Å². The first-order valence-corrected chi connectivity index (χ1v) is 8.78. The Morgan fingerprint density at radius 2 is 1.96 bits per heavy atom. The minimum atomic E-state index is -0.451. The van der Waals surface area contributed by atoms with Gasteiger partial charge in [-0.1, -0.05) is 29.8 Å². The number of aromatic nitrogens is 2. The lowest BCUT2D eigenvalue weighted by atomic mass is 10.1. The number of primary amides is 1. The second kappa shape index (κ2) is 6.46. The average Bonchev–Trinajstić information content (AvgIpc) is 3.11. The fraction of sp³-hybridized carbons (Fsp3) is 0.211. The molecule has 0 saturated carbocycles. The summed E-state index contributed by atoms with van der Waals surface area (Å²) >= 11 is 6.20. The maximum absolute atomic E-state index is 12.9. The number of anilines is 1. The third kappa shape index (κ3) is 2.72. The van der Waals surface area contributed by atoms with Crippen LogP contribution in [0, 0.1) is 0 Å². The van der Waals surface area contributed by atoms with Gasteiger partial charge in [0.2, 0.25) is 5.91 Å². The first-order chi connectivity index (χ1) is 12.6. The van der Waals surface area contributed by atoms with E-state index in [9.17, 15) is 9.59 Å². The zero-order chi connectivity index (χ0) is 18.3. The maximum atomic E-state index is 12.9. The summed E-state index contributed by atoms with van der Waals surface area (Å²) in [5.74, 6) is 0.0776. The van der Waals surface area contributed by atoms with Crippen molar-refractivity contribution in [2.24, 2.45) is 5.73 Å². The zero-order valence-corrected chi connectivity index (χ0v) is 14.7. The lowest BCUT2D eigenvalue weighted by Gasteiger charge is -2.25. The SMILES string of the molecule is NC(=O)[C@H]1CCCN1c1nc(=O)n(-c2ccccc2)c2cc(Cl)ccc12. The molecule has 0 spiro atoms. The number of halogens is 1. The topological polar surface area (TPSA) is 81.2 Å². The van der Waals surface area contributed by atoms with E-state index in [-0.39, 0.29) is 0 Å². The lowest BCUT2D eigenvalue weighted by Crippen LogP contribution is -2.42. The summed E-state index contributed by atoms with van der Waals surface area (Å²) in [5.41, 5.74) is 6.47. The van der Waals surface area contributed by atoms with Gasteiger partial charge in [0.15, 0.2) is 0 Å². The number of rotatable bonds is 3. The molecule has 2 aromatic carbocycles. The molecule has 1 saturated heterocycles. The van der Waals surface area contributed by atoms with Crippen LogP contribution in [0.4, 0.5) is 5.82 Å². The number of carbonyl (C=O) groups excluding carboxylic acids is 1. The number of hydrogen-bond acceptors (Lipinski definition) is 4. The number of fused-ring (bicyclic) bond motifs is 1. The quantitative estimate of drug-likeness (QED) is 0.770. The number of nitrogens with zero attached hydrogens (tertiary/aromatic N) is 3. The van der Waals surface area contributed by atoms with E-state index < -0.39 is 17.6 Å². The molecule has 3 aromatic rings. The van der Waals surface area contributed by atoms with Crippen LogP contribution in [-0.4, -0.2) is 28.0 Å². The first-order valence-electron chi connectivity index (χ1n) is 8.40. The number of hydrogen-bond donors (Lipinski definition) is 1. The second-order valence-corrected chi connectivity index (χ2v) is 6.74. The summed E-state index contributed by atoms with van der Waals surface area (Å²) in [6, 6.07) is 14.1. The first kappa shape index (κ1) is 16.6. The predicted molar refractivity (Wildman–Crippen MR) is 102 cm³/mol. The van der Waals surface area contributed by atoms with Gasteiger partial charge >= 0.3 is 5.69 Å². The van der Waals surface area contributed by atoms with Crippen LogP contribution in [0.15, 0.2) is 53.3 Å². The highest BCUT2D eigenvalue weighted by Crippen LogP contribution is 2.31.